The Morgan fingerprint density at radius 3 is 2.23 bits per heavy atom. The predicted molar refractivity (Wildman–Crippen MR) is 70.9 cm³/mol. The van der Waals surface area contributed by atoms with Crippen molar-refractivity contribution in [1.29, 1.82) is 0 Å². The minimum absolute atomic E-state index is 0. The van der Waals surface area contributed by atoms with Gasteiger partial charge >= 0.3 is 25.0 Å². The van der Waals surface area contributed by atoms with Crippen LogP contribution in [0.3, 0.4) is 0 Å². The third-order valence-electron chi connectivity index (χ3n) is 3.44. The molecule has 0 atom stereocenters. The number of halogens is 3. The van der Waals surface area contributed by atoms with E-state index in [1.807, 2.05) is 7.05 Å². The summed E-state index contributed by atoms with van der Waals surface area (Å²) in [6.07, 6.45) is -2.89. The molecule has 0 bridgehead atoms. The molecule has 0 radical (unpaired) electrons. The van der Waals surface area contributed by atoms with Gasteiger partial charge in [-0.1, -0.05) is 11.6 Å². The molecule has 1 fully saturated rings. The standard InChI is InChI=1S/C14H16F3N2O.Li.H2O/c1-18-2-4-19(5-3-18)9-11-6-12(10-20)8-13(7-11)14(15,16)17;;/h6-8H,2-5,9H2,1H3;;1H2/q-1;+1;/p-1. The van der Waals surface area contributed by atoms with E-state index < -0.39 is 11.7 Å². The molecular formula is C14H17F3LiN2O2-. The first-order valence-electron chi connectivity index (χ1n) is 6.39. The molecule has 0 amide bonds. The second-order valence-corrected chi connectivity index (χ2v) is 5.10. The number of hydrogen-bond donors (Lipinski definition) is 0. The molecule has 2 rings (SSSR count). The summed E-state index contributed by atoms with van der Waals surface area (Å²) in [6, 6.07) is 3.42. The molecular weight excluding hydrogens is 292 g/mol. The third kappa shape index (κ3) is 5.74. The average molecular weight is 309 g/mol. The van der Waals surface area contributed by atoms with E-state index in [1.54, 1.807) is 6.29 Å². The van der Waals surface area contributed by atoms with Crippen molar-refractivity contribution in [3.8, 4) is 0 Å². The van der Waals surface area contributed by atoms with E-state index >= 15 is 0 Å². The van der Waals surface area contributed by atoms with Crippen molar-refractivity contribution < 1.29 is 42.3 Å². The molecule has 1 aromatic carbocycles. The van der Waals surface area contributed by atoms with Gasteiger partial charge in [0.05, 0.1) is 6.29 Å². The largest absolute Gasteiger partial charge is 1.00 e. The zero-order valence-electron chi connectivity index (χ0n) is 12.7. The summed E-state index contributed by atoms with van der Waals surface area (Å²) in [5.74, 6) is 0. The maximum Gasteiger partial charge on any atom is 1.00 e. The van der Waals surface area contributed by atoms with Crippen LogP contribution in [0.2, 0.25) is 0 Å². The number of carbonyl (C=O) groups excluding carboxylic acids is 1. The van der Waals surface area contributed by atoms with E-state index in [1.165, 1.54) is 6.07 Å². The molecule has 0 spiro atoms. The van der Waals surface area contributed by atoms with Crippen molar-refractivity contribution in [2.75, 3.05) is 33.2 Å². The van der Waals surface area contributed by atoms with Gasteiger partial charge in [0, 0.05) is 38.3 Å². The molecule has 1 aliphatic rings. The summed E-state index contributed by atoms with van der Waals surface area (Å²) in [7, 11) is 2.01. The Morgan fingerprint density at radius 2 is 1.73 bits per heavy atom. The van der Waals surface area contributed by atoms with Gasteiger partial charge in [-0.2, -0.15) is 24.8 Å². The maximum absolute atomic E-state index is 12.8. The quantitative estimate of drug-likeness (QED) is 0.516. The molecule has 8 heteroatoms. The second kappa shape index (κ2) is 8.70. The van der Waals surface area contributed by atoms with Gasteiger partial charge < -0.3 is 15.2 Å². The Morgan fingerprint density at radius 1 is 1.14 bits per heavy atom. The fourth-order valence-electron chi connectivity index (χ4n) is 2.27. The van der Waals surface area contributed by atoms with Crippen LogP contribution in [0.15, 0.2) is 18.2 Å². The van der Waals surface area contributed by atoms with Crippen LogP contribution in [-0.4, -0.2) is 54.8 Å². The summed E-state index contributed by atoms with van der Waals surface area (Å²) < 4.78 is 38.3. The molecule has 1 aliphatic heterocycles. The van der Waals surface area contributed by atoms with Crippen LogP contribution in [0.5, 0.6) is 0 Å². The molecule has 1 aromatic rings. The molecule has 0 aromatic heterocycles. The van der Waals surface area contributed by atoms with E-state index in [0.717, 1.165) is 38.3 Å². The molecule has 0 aliphatic carbocycles. The molecule has 118 valence electrons. The Hall–Kier alpha value is -0.843. The number of benzene rings is 1. The van der Waals surface area contributed by atoms with Gasteiger partial charge in [-0.15, -0.1) is 6.07 Å². The van der Waals surface area contributed by atoms with Gasteiger partial charge in [-0.05, 0) is 7.05 Å². The minimum atomic E-state index is -4.44. The van der Waals surface area contributed by atoms with Gasteiger partial charge in [0.15, 0.2) is 0 Å². The Kier molecular flexibility index (Phi) is 8.37. The SMILES string of the molecule is CN1CCN(Cc2cc([C-]=O)cc(C(F)(F)F)c2)CC1.[Li+].[OH-]. The second-order valence-electron chi connectivity index (χ2n) is 5.10. The van der Waals surface area contributed by atoms with Crippen molar-refractivity contribution in [2.24, 2.45) is 0 Å². The van der Waals surface area contributed by atoms with E-state index in [4.69, 9.17) is 0 Å². The van der Waals surface area contributed by atoms with Crippen molar-refractivity contribution >= 4 is 6.29 Å². The Balaban J connectivity index is 0.00000220. The first-order valence-corrected chi connectivity index (χ1v) is 6.39. The van der Waals surface area contributed by atoms with E-state index in [2.05, 4.69) is 9.80 Å². The molecule has 0 saturated carbocycles. The fraction of sp³-hybridized carbons (Fsp3) is 0.500. The number of alkyl halides is 3. The first kappa shape index (κ1) is 21.2. The van der Waals surface area contributed by atoms with Gasteiger partial charge in [0.25, 0.3) is 0 Å². The Labute approximate surface area is 139 Å². The van der Waals surface area contributed by atoms with Gasteiger partial charge in [-0.25, -0.2) is 0 Å². The van der Waals surface area contributed by atoms with E-state index in [0.29, 0.717) is 12.1 Å². The summed E-state index contributed by atoms with van der Waals surface area (Å²) in [6.45, 7) is 3.84. The molecule has 4 nitrogen and oxygen atoms in total. The summed E-state index contributed by atoms with van der Waals surface area (Å²) in [4.78, 5) is 14.9. The van der Waals surface area contributed by atoms with Crippen LogP contribution in [0.4, 0.5) is 13.2 Å². The summed E-state index contributed by atoms with van der Waals surface area (Å²) in [5, 5.41) is 0. The van der Waals surface area contributed by atoms with Crippen LogP contribution >= 0.6 is 0 Å². The van der Waals surface area contributed by atoms with Crippen molar-refractivity contribution in [3.63, 3.8) is 0 Å². The van der Waals surface area contributed by atoms with Crippen LogP contribution < -0.4 is 18.9 Å². The van der Waals surface area contributed by atoms with Crippen molar-refractivity contribution in [2.45, 2.75) is 12.7 Å². The van der Waals surface area contributed by atoms with Crippen LogP contribution in [0, 0.1) is 0 Å². The monoisotopic (exact) mass is 309 g/mol. The number of likely N-dealkylation sites (N-methyl/N-ethyl adjacent to an activating group) is 1. The number of piperazine rings is 1. The predicted octanol–water partition coefficient (Wildman–Crippen LogP) is -1.26. The number of rotatable bonds is 3. The summed E-state index contributed by atoms with van der Waals surface area (Å²) in [5.41, 5.74) is -0.339. The van der Waals surface area contributed by atoms with Crippen molar-refractivity contribution in [1.82, 2.24) is 9.80 Å². The number of hydrogen-bond acceptors (Lipinski definition) is 4. The fourth-order valence-corrected chi connectivity index (χ4v) is 2.27. The minimum Gasteiger partial charge on any atom is -0.870 e. The molecule has 0 unspecified atom stereocenters. The third-order valence-corrected chi connectivity index (χ3v) is 3.44. The van der Waals surface area contributed by atoms with Crippen LogP contribution in [0.1, 0.15) is 16.7 Å². The zero-order chi connectivity index (χ0) is 14.8. The number of nitrogens with zero attached hydrogens (tertiary/aromatic N) is 2. The summed E-state index contributed by atoms with van der Waals surface area (Å²) >= 11 is 0. The van der Waals surface area contributed by atoms with Crippen LogP contribution in [0.25, 0.3) is 0 Å². The molecule has 1 heterocycles. The van der Waals surface area contributed by atoms with E-state index in [-0.39, 0.29) is 29.9 Å². The van der Waals surface area contributed by atoms with E-state index in [9.17, 15) is 18.0 Å². The van der Waals surface area contributed by atoms with Gasteiger partial charge in [-0.3, -0.25) is 4.90 Å². The zero-order valence-corrected chi connectivity index (χ0v) is 12.7. The van der Waals surface area contributed by atoms with Gasteiger partial charge in [0.1, 0.15) is 0 Å². The smallest absolute Gasteiger partial charge is 0.870 e. The molecule has 22 heavy (non-hydrogen) atoms. The molecule has 1 N–H and O–H groups in total. The topological polar surface area (TPSA) is 53.5 Å². The van der Waals surface area contributed by atoms with Gasteiger partial charge in [0.2, 0.25) is 0 Å². The normalized spacial score (nSPS) is 16.5. The Bertz CT molecular complexity index is 489. The first-order chi connectivity index (χ1) is 9.38. The van der Waals surface area contributed by atoms with Crippen molar-refractivity contribution in [3.05, 3.63) is 34.9 Å². The maximum atomic E-state index is 12.8. The average Bonchev–Trinajstić information content (AvgIpc) is 2.40. The molecule has 1 saturated heterocycles. The van der Waals surface area contributed by atoms with Crippen LogP contribution in [-0.2, 0) is 17.5 Å².